The molecule has 0 aromatic heterocycles. The highest BCUT2D eigenvalue weighted by Gasteiger charge is 2.24. The summed E-state index contributed by atoms with van der Waals surface area (Å²) in [5.41, 5.74) is 0. The molecule has 0 saturated carbocycles. The molecule has 1 saturated heterocycles. The highest BCUT2D eigenvalue weighted by atomic mass is 31.2. The van der Waals surface area contributed by atoms with E-state index in [2.05, 4.69) is 18.0 Å². The van der Waals surface area contributed by atoms with E-state index in [0.29, 0.717) is 12.5 Å². The highest BCUT2D eigenvalue weighted by Crippen LogP contribution is 2.53. The Morgan fingerprint density at radius 1 is 1.77 bits per heavy atom. The fourth-order valence-corrected chi connectivity index (χ4v) is 6.44. The number of aliphatic carboxylic acids is 1. The van der Waals surface area contributed by atoms with E-state index in [0.717, 1.165) is 15.2 Å². The SMILES string of the molecule is C[C@H](CCC(=O)O)N1PCCP1C. The maximum atomic E-state index is 10.4. The molecule has 76 valence electrons. The molecule has 0 spiro atoms. The number of hydrogen-bond acceptors (Lipinski definition) is 2. The lowest BCUT2D eigenvalue weighted by Crippen LogP contribution is -2.19. The van der Waals surface area contributed by atoms with Crippen LogP contribution in [0, 0.1) is 0 Å². The van der Waals surface area contributed by atoms with E-state index in [4.69, 9.17) is 5.11 Å². The van der Waals surface area contributed by atoms with Crippen LogP contribution in [0.1, 0.15) is 19.8 Å². The molecule has 1 aliphatic heterocycles. The van der Waals surface area contributed by atoms with Crippen LogP contribution in [0.2, 0.25) is 0 Å². The Bertz CT molecular complexity index is 189. The molecule has 3 atom stereocenters. The molecule has 0 aromatic carbocycles. The van der Waals surface area contributed by atoms with Crippen molar-refractivity contribution in [2.45, 2.75) is 25.8 Å². The van der Waals surface area contributed by atoms with E-state index in [1.54, 1.807) is 0 Å². The van der Waals surface area contributed by atoms with E-state index in [9.17, 15) is 4.79 Å². The molecule has 0 bridgehead atoms. The van der Waals surface area contributed by atoms with Gasteiger partial charge in [-0.2, -0.15) is 0 Å². The summed E-state index contributed by atoms with van der Waals surface area (Å²) in [6, 6.07) is 0.466. The van der Waals surface area contributed by atoms with Crippen LogP contribution >= 0.6 is 16.8 Å². The molecular weight excluding hydrogens is 204 g/mol. The second-order valence-corrected chi connectivity index (χ2v) is 7.28. The average molecular weight is 221 g/mol. The van der Waals surface area contributed by atoms with Gasteiger partial charge < -0.3 is 5.11 Å². The van der Waals surface area contributed by atoms with Crippen molar-refractivity contribution in [3.8, 4) is 0 Å². The van der Waals surface area contributed by atoms with Crippen molar-refractivity contribution in [1.82, 2.24) is 4.44 Å². The van der Waals surface area contributed by atoms with E-state index in [1.165, 1.54) is 12.3 Å². The number of hydrogen-bond donors (Lipinski definition) is 1. The second kappa shape index (κ2) is 5.24. The minimum absolute atomic E-state index is 0.0541. The molecular formula is C8H17NO2P2. The van der Waals surface area contributed by atoms with Gasteiger partial charge in [0.1, 0.15) is 0 Å². The van der Waals surface area contributed by atoms with E-state index < -0.39 is 5.97 Å². The summed E-state index contributed by atoms with van der Waals surface area (Å²) in [5, 5.41) is 8.56. The van der Waals surface area contributed by atoms with Crippen molar-refractivity contribution in [1.29, 1.82) is 0 Å². The second-order valence-electron chi connectivity index (χ2n) is 3.42. The summed E-state index contributed by atoms with van der Waals surface area (Å²) in [6.07, 6.45) is 3.77. The smallest absolute Gasteiger partial charge is 0.303 e. The third-order valence-corrected chi connectivity index (χ3v) is 7.38. The van der Waals surface area contributed by atoms with E-state index >= 15 is 0 Å². The predicted octanol–water partition coefficient (Wildman–Crippen LogP) is 2.18. The average Bonchev–Trinajstić information content (AvgIpc) is 2.47. The first kappa shape index (κ1) is 11.4. The largest absolute Gasteiger partial charge is 0.481 e. The molecule has 0 radical (unpaired) electrons. The van der Waals surface area contributed by atoms with Crippen molar-refractivity contribution >= 4 is 22.8 Å². The third kappa shape index (κ3) is 3.50. The molecule has 1 rings (SSSR count). The normalized spacial score (nSPS) is 28.0. The van der Waals surface area contributed by atoms with Crippen molar-refractivity contribution in [3.05, 3.63) is 0 Å². The maximum Gasteiger partial charge on any atom is 0.303 e. The Morgan fingerprint density at radius 3 is 2.92 bits per heavy atom. The summed E-state index contributed by atoms with van der Waals surface area (Å²) >= 11 is 0. The molecule has 1 fully saturated rings. The molecule has 1 N–H and O–H groups in total. The Morgan fingerprint density at radius 2 is 2.46 bits per heavy atom. The van der Waals surface area contributed by atoms with Crippen LogP contribution in [0.25, 0.3) is 0 Å². The lowest BCUT2D eigenvalue weighted by Gasteiger charge is -2.27. The van der Waals surface area contributed by atoms with E-state index in [1.807, 2.05) is 0 Å². The van der Waals surface area contributed by atoms with Crippen LogP contribution in [0.15, 0.2) is 0 Å². The third-order valence-electron chi connectivity index (χ3n) is 2.27. The number of carbonyl (C=O) groups is 1. The Labute approximate surface area is 82.5 Å². The first-order chi connectivity index (χ1) is 6.11. The molecule has 0 aromatic rings. The maximum absolute atomic E-state index is 10.4. The first-order valence-corrected chi connectivity index (χ1v) is 7.65. The van der Waals surface area contributed by atoms with Crippen LogP contribution in [-0.4, -0.2) is 40.5 Å². The van der Waals surface area contributed by atoms with Crippen molar-refractivity contribution in [2.75, 3.05) is 19.0 Å². The highest BCUT2D eigenvalue weighted by molar-refractivity contribution is 7.66. The molecule has 1 heterocycles. The first-order valence-electron chi connectivity index (χ1n) is 4.57. The summed E-state index contributed by atoms with van der Waals surface area (Å²) in [6.45, 7) is 4.45. The summed E-state index contributed by atoms with van der Waals surface area (Å²) in [5.74, 6) is -0.671. The molecule has 0 aliphatic carbocycles. The van der Waals surface area contributed by atoms with E-state index in [-0.39, 0.29) is 8.07 Å². The minimum atomic E-state index is -0.671. The van der Waals surface area contributed by atoms with Gasteiger partial charge in [-0.25, -0.2) is 0 Å². The van der Waals surface area contributed by atoms with Gasteiger partial charge >= 0.3 is 5.97 Å². The van der Waals surface area contributed by atoms with Crippen molar-refractivity contribution in [3.63, 3.8) is 0 Å². The molecule has 13 heavy (non-hydrogen) atoms. The van der Waals surface area contributed by atoms with Gasteiger partial charge in [0.05, 0.1) is 0 Å². The molecule has 1 aliphatic rings. The van der Waals surface area contributed by atoms with Gasteiger partial charge in [-0.05, 0) is 49.1 Å². The monoisotopic (exact) mass is 221 g/mol. The zero-order valence-electron chi connectivity index (χ0n) is 8.16. The van der Waals surface area contributed by atoms with Crippen molar-refractivity contribution < 1.29 is 9.90 Å². The predicted molar refractivity (Wildman–Crippen MR) is 59.1 cm³/mol. The van der Waals surface area contributed by atoms with Gasteiger partial charge in [-0.3, -0.25) is 9.24 Å². The summed E-state index contributed by atoms with van der Waals surface area (Å²) < 4.78 is 2.51. The van der Waals surface area contributed by atoms with Gasteiger partial charge in [0.25, 0.3) is 0 Å². The van der Waals surface area contributed by atoms with Crippen LogP contribution in [0.3, 0.4) is 0 Å². The Hall–Kier alpha value is 0.290. The van der Waals surface area contributed by atoms with Crippen LogP contribution in [0.4, 0.5) is 0 Å². The quantitative estimate of drug-likeness (QED) is 0.739. The standard InChI is InChI=1S/C8H17NO2P2/c1-7(3-4-8(10)11)9-12-5-6-13(9)2/h7,12H,3-6H2,1-2H3,(H,10,11)/t7-,13?/m1/s1. The van der Waals surface area contributed by atoms with Gasteiger partial charge in [0.2, 0.25) is 0 Å². The zero-order valence-corrected chi connectivity index (χ0v) is 10.1. The minimum Gasteiger partial charge on any atom is -0.481 e. The molecule has 5 heteroatoms. The van der Waals surface area contributed by atoms with Crippen LogP contribution < -0.4 is 0 Å². The van der Waals surface area contributed by atoms with Gasteiger partial charge in [0, 0.05) is 12.5 Å². The number of rotatable bonds is 4. The lowest BCUT2D eigenvalue weighted by molar-refractivity contribution is -0.137. The fourth-order valence-electron chi connectivity index (χ4n) is 1.50. The van der Waals surface area contributed by atoms with Crippen LogP contribution in [-0.2, 0) is 4.79 Å². The fraction of sp³-hybridized carbons (Fsp3) is 0.875. The zero-order chi connectivity index (χ0) is 9.84. The summed E-state index contributed by atoms with van der Waals surface area (Å²) in [4.78, 5) is 10.4. The summed E-state index contributed by atoms with van der Waals surface area (Å²) in [7, 11) is 0.987. The number of carboxylic acids is 1. The van der Waals surface area contributed by atoms with Gasteiger partial charge in [-0.15, -0.1) is 0 Å². The molecule has 2 unspecified atom stereocenters. The molecule has 3 nitrogen and oxygen atoms in total. The number of nitrogens with zero attached hydrogens (tertiary/aromatic N) is 1. The lowest BCUT2D eigenvalue weighted by atomic mass is 10.2. The van der Waals surface area contributed by atoms with Crippen molar-refractivity contribution in [2.24, 2.45) is 0 Å². The number of carboxylic acid groups (broad SMARTS) is 1. The Balaban J connectivity index is 2.29. The topological polar surface area (TPSA) is 40.5 Å². The van der Waals surface area contributed by atoms with Crippen LogP contribution in [0.5, 0.6) is 0 Å². The molecule has 0 amide bonds. The van der Waals surface area contributed by atoms with Gasteiger partial charge in [-0.1, -0.05) is 0 Å². The Kier molecular flexibility index (Phi) is 4.58. The van der Waals surface area contributed by atoms with Gasteiger partial charge in [0.15, 0.2) is 0 Å².